The molecule has 4 rings (SSSR count). The molecule has 0 radical (unpaired) electrons. The zero-order chi connectivity index (χ0) is 33.5. The van der Waals surface area contributed by atoms with Gasteiger partial charge in [0, 0.05) is 18.5 Å². The van der Waals surface area contributed by atoms with Crippen LogP contribution in [0.3, 0.4) is 0 Å². The number of ketones is 1. The van der Waals surface area contributed by atoms with E-state index in [-0.39, 0.29) is 29.1 Å². The lowest BCUT2D eigenvalue weighted by Gasteiger charge is -2.34. The summed E-state index contributed by atoms with van der Waals surface area (Å²) in [5.74, 6) is -1.90. The van der Waals surface area contributed by atoms with Crippen LogP contribution in [0.1, 0.15) is 90.5 Å². The summed E-state index contributed by atoms with van der Waals surface area (Å²) in [7, 11) is 0. The summed E-state index contributed by atoms with van der Waals surface area (Å²) in [6.07, 6.45) is -2.25. The summed E-state index contributed by atoms with van der Waals surface area (Å²) >= 11 is 0. The number of aryl methyl sites for hydroxylation is 1. The highest BCUT2D eigenvalue weighted by atomic mass is 19.4. The third kappa shape index (κ3) is 7.86. The van der Waals surface area contributed by atoms with Crippen molar-refractivity contribution in [3.8, 4) is 5.69 Å². The van der Waals surface area contributed by atoms with Crippen LogP contribution in [0.15, 0.2) is 36.0 Å². The summed E-state index contributed by atoms with van der Waals surface area (Å²) in [6.45, 7) is 11.9. The predicted octanol–water partition coefficient (Wildman–Crippen LogP) is 6.23. The topological polar surface area (TPSA) is 114 Å². The first kappa shape index (κ1) is 34.8. The predicted molar refractivity (Wildman–Crippen MR) is 162 cm³/mol. The smallest absolute Gasteiger partial charge is 0.416 e. The fourth-order valence-electron chi connectivity index (χ4n) is 6.24. The van der Waals surface area contributed by atoms with E-state index in [2.05, 4.69) is 5.10 Å². The lowest BCUT2D eigenvalue weighted by Crippen LogP contribution is -2.45. The Morgan fingerprint density at radius 3 is 2.49 bits per heavy atom. The number of rotatable bonds is 3. The Labute approximate surface area is 262 Å². The van der Waals surface area contributed by atoms with Gasteiger partial charge in [0.25, 0.3) is 0 Å². The molecule has 2 aromatic rings. The first-order valence-electron chi connectivity index (χ1n) is 15.5. The number of aliphatic hydroxyl groups is 2. The van der Waals surface area contributed by atoms with Gasteiger partial charge in [-0.2, -0.15) is 18.3 Å². The maximum absolute atomic E-state index is 13.5. The number of hydrogen-bond acceptors (Lipinski definition) is 7. The molecule has 0 aliphatic carbocycles. The first-order valence-corrected chi connectivity index (χ1v) is 15.5. The normalized spacial score (nSPS) is 32.1. The molecule has 0 bridgehead atoms. The number of aromatic nitrogens is 2. The number of benzene rings is 1. The van der Waals surface area contributed by atoms with Gasteiger partial charge in [-0.05, 0) is 74.9 Å². The second-order valence-electron chi connectivity index (χ2n) is 13.7. The average Bonchev–Trinajstić information content (AvgIpc) is 3.34. The van der Waals surface area contributed by atoms with E-state index in [0.717, 1.165) is 18.9 Å². The molecular weight excluding hydrogens is 589 g/mol. The van der Waals surface area contributed by atoms with Gasteiger partial charge in [0.2, 0.25) is 0 Å². The number of epoxide rings is 1. The number of Topliss-reactive ketones (excluding diaryl/α,β-unsaturated/α-hetero) is 1. The van der Waals surface area contributed by atoms with Crippen LogP contribution in [0.5, 0.6) is 0 Å². The Bertz CT molecular complexity index is 1430. The fourth-order valence-corrected chi connectivity index (χ4v) is 6.24. The summed E-state index contributed by atoms with van der Waals surface area (Å²) in [5, 5.41) is 26.3. The maximum atomic E-state index is 13.5. The Morgan fingerprint density at radius 1 is 1.13 bits per heavy atom. The fraction of sp³-hybridized carbons (Fsp3) is 0.618. The van der Waals surface area contributed by atoms with E-state index in [1.165, 1.54) is 17.7 Å². The Kier molecular flexibility index (Phi) is 10.1. The summed E-state index contributed by atoms with van der Waals surface area (Å²) in [6, 6.07) is 5.67. The molecule has 1 aromatic heterocycles. The molecule has 0 amide bonds. The Hall–Kier alpha value is -3.02. The molecule has 248 valence electrons. The monoisotopic (exact) mass is 634 g/mol. The van der Waals surface area contributed by atoms with E-state index >= 15 is 0 Å². The highest BCUT2D eigenvalue weighted by molar-refractivity contribution is 5.88. The van der Waals surface area contributed by atoms with Crippen molar-refractivity contribution in [3.05, 3.63) is 52.9 Å². The minimum absolute atomic E-state index is 0.116. The van der Waals surface area contributed by atoms with E-state index in [1.807, 2.05) is 13.8 Å². The number of alkyl halides is 3. The molecule has 3 heterocycles. The Balaban J connectivity index is 1.59. The van der Waals surface area contributed by atoms with E-state index < -0.39 is 59.4 Å². The van der Waals surface area contributed by atoms with Crippen LogP contribution >= 0.6 is 0 Å². The molecule has 7 atom stereocenters. The first-order chi connectivity index (χ1) is 20.8. The van der Waals surface area contributed by atoms with Crippen molar-refractivity contribution in [1.82, 2.24) is 9.78 Å². The van der Waals surface area contributed by atoms with Crippen LogP contribution in [0.25, 0.3) is 11.8 Å². The van der Waals surface area contributed by atoms with Crippen molar-refractivity contribution in [2.24, 2.45) is 17.3 Å². The molecule has 0 spiro atoms. The number of esters is 1. The van der Waals surface area contributed by atoms with Crippen molar-refractivity contribution in [2.45, 2.75) is 117 Å². The summed E-state index contributed by atoms with van der Waals surface area (Å²) in [4.78, 5) is 26.5. The maximum Gasteiger partial charge on any atom is 0.416 e. The number of ether oxygens (including phenoxy) is 2. The lowest BCUT2D eigenvalue weighted by molar-refractivity contribution is -0.154. The van der Waals surface area contributed by atoms with Gasteiger partial charge in [-0.3, -0.25) is 9.59 Å². The number of cyclic esters (lactones) is 1. The minimum atomic E-state index is -4.49. The van der Waals surface area contributed by atoms with E-state index in [0.29, 0.717) is 24.1 Å². The number of hydrogen-bond donors (Lipinski definition) is 2. The number of fused-ring (bicyclic) bond motifs is 1. The lowest BCUT2D eigenvalue weighted by atomic mass is 9.73. The molecule has 2 fully saturated rings. The largest absolute Gasteiger partial charge is 0.458 e. The van der Waals surface area contributed by atoms with Gasteiger partial charge in [-0.1, -0.05) is 40.2 Å². The van der Waals surface area contributed by atoms with Gasteiger partial charge < -0.3 is 19.7 Å². The molecule has 8 nitrogen and oxygen atoms in total. The van der Waals surface area contributed by atoms with Gasteiger partial charge in [0.05, 0.1) is 52.7 Å². The van der Waals surface area contributed by atoms with Gasteiger partial charge >= 0.3 is 12.1 Å². The quantitative estimate of drug-likeness (QED) is 0.304. The molecule has 2 aliphatic rings. The third-order valence-electron chi connectivity index (χ3n) is 9.69. The van der Waals surface area contributed by atoms with Crippen LogP contribution in [0, 0.1) is 24.2 Å². The van der Waals surface area contributed by atoms with Gasteiger partial charge in [-0.25, -0.2) is 4.68 Å². The molecular formula is C34H45F3N2O6. The molecule has 2 aliphatic heterocycles. The Morgan fingerprint density at radius 2 is 1.82 bits per heavy atom. The third-order valence-corrected chi connectivity index (χ3v) is 9.69. The van der Waals surface area contributed by atoms with E-state index in [9.17, 15) is 33.0 Å². The zero-order valence-corrected chi connectivity index (χ0v) is 27.0. The van der Waals surface area contributed by atoms with Crippen molar-refractivity contribution in [2.75, 3.05) is 0 Å². The van der Waals surface area contributed by atoms with Crippen LogP contribution in [0.2, 0.25) is 0 Å². The van der Waals surface area contributed by atoms with Gasteiger partial charge in [0.15, 0.2) is 0 Å². The number of carbonyl (C=O) groups is 2. The number of nitrogens with zero attached hydrogens (tertiary/aromatic N) is 2. The number of aliphatic hydroxyl groups excluding tert-OH is 2. The van der Waals surface area contributed by atoms with Crippen molar-refractivity contribution >= 4 is 17.8 Å². The van der Waals surface area contributed by atoms with Crippen LogP contribution < -0.4 is 0 Å². The molecule has 2 saturated heterocycles. The minimum Gasteiger partial charge on any atom is -0.458 e. The standard InChI is InChI=1S/C34H45F3N2O6/c1-19-10-11-24(16-25(19)34(35,36)37)39-14-12-23(38-39)15-21(3)26-17-28-33(7,45-28)13-8-9-20(2)30(42)22(4)31(43)32(5,6)27(40)18-29(41)44-26/h10-12,14-16,20,22,26-28,30,40,42H,8-9,13,17-18H2,1-7H3/b21-15+/t20-,22+,26-,27-,28-,30-,33+/m0/s1. The van der Waals surface area contributed by atoms with Crippen LogP contribution in [-0.4, -0.2) is 61.8 Å². The van der Waals surface area contributed by atoms with Crippen molar-refractivity contribution in [1.29, 1.82) is 0 Å². The zero-order valence-electron chi connectivity index (χ0n) is 27.0. The summed E-state index contributed by atoms with van der Waals surface area (Å²) < 4.78 is 53.7. The summed E-state index contributed by atoms with van der Waals surface area (Å²) in [5.41, 5.74) is -1.00. The molecule has 45 heavy (non-hydrogen) atoms. The molecule has 11 heteroatoms. The average molecular weight is 635 g/mol. The molecule has 1 aromatic carbocycles. The number of halogens is 3. The highest BCUT2D eigenvalue weighted by Gasteiger charge is 2.53. The molecule has 2 N–H and O–H groups in total. The van der Waals surface area contributed by atoms with Gasteiger partial charge in [-0.15, -0.1) is 0 Å². The second kappa shape index (κ2) is 13.0. The van der Waals surface area contributed by atoms with Crippen LogP contribution in [0.4, 0.5) is 13.2 Å². The van der Waals surface area contributed by atoms with Gasteiger partial charge in [0.1, 0.15) is 11.9 Å². The second-order valence-corrected chi connectivity index (χ2v) is 13.7. The van der Waals surface area contributed by atoms with E-state index in [4.69, 9.17) is 9.47 Å². The van der Waals surface area contributed by atoms with Crippen LogP contribution in [-0.2, 0) is 25.2 Å². The SMILES string of the molecule is C/C(=C\c1ccn(-c2ccc(C)c(C(F)(F)F)c2)n1)[C@@H]1C[C@@H]2O[C@]2(C)CCC[C@H](C)[C@H](O)[C@@H](C)C(=O)C(C)(C)[C@@H](O)CC(=O)O1. The van der Waals surface area contributed by atoms with Crippen molar-refractivity contribution < 1.29 is 42.4 Å². The molecule has 0 saturated carbocycles. The molecule has 0 unspecified atom stereocenters. The highest BCUT2D eigenvalue weighted by Crippen LogP contribution is 2.45. The van der Waals surface area contributed by atoms with Crippen molar-refractivity contribution in [3.63, 3.8) is 0 Å². The van der Waals surface area contributed by atoms with E-state index in [1.54, 1.807) is 52.1 Å². The number of carbonyl (C=O) groups excluding carboxylic acids is 2.